The second-order valence-electron chi connectivity index (χ2n) is 10.4. The fraction of sp³-hybridized carbons (Fsp3) is 0.812. The first-order valence-corrected chi connectivity index (χ1v) is 15.1. The van der Waals surface area contributed by atoms with Gasteiger partial charge in [-0.25, -0.2) is 0 Å². The first-order valence-electron chi connectivity index (χ1n) is 15.1. The van der Waals surface area contributed by atoms with E-state index in [-0.39, 0.29) is 0 Å². The van der Waals surface area contributed by atoms with Gasteiger partial charge in [-0.05, 0) is 49.3 Å². The van der Waals surface area contributed by atoms with Crippen LogP contribution >= 0.6 is 0 Å². The van der Waals surface area contributed by atoms with Crippen LogP contribution < -0.4 is 9.47 Å². The maximum absolute atomic E-state index is 6.26. The molecule has 0 amide bonds. The molecular formula is C32H58O2. The normalized spacial score (nSPS) is 12.1. The Bertz CT molecular complexity index is 568. The summed E-state index contributed by atoms with van der Waals surface area (Å²) in [5, 5.41) is 0. The number of hydrogen-bond acceptors (Lipinski definition) is 2. The van der Waals surface area contributed by atoms with Crippen molar-refractivity contribution in [2.45, 2.75) is 150 Å². The highest BCUT2D eigenvalue weighted by molar-refractivity contribution is 5.38. The molecule has 0 aliphatic carbocycles. The Balaban J connectivity index is 2.30. The molecule has 0 radical (unpaired) electrons. The van der Waals surface area contributed by atoms with Gasteiger partial charge in [0.05, 0.1) is 13.2 Å². The van der Waals surface area contributed by atoms with E-state index < -0.39 is 0 Å². The molecule has 0 heterocycles. The molecule has 1 aromatic rings. The molecule has 0 spiro atoms. The van der Waals surface area contributed by atoms with Gasteiger partial charge in [-0.15, -0.1) is 0 Å². The van der Waals surface area contributed by atoms with E-state index in [4.69, 9.17) is 9.47 Å². The topological polar surface area (TPSA) is 18.5 Å². The van der Waals surface area contributed by atoms with Crippen LogP contribution in [0.5, 0.6) is 11.5 Å². The molecule has 1 rings (SSSR count). The SMILES string of the molecule is CCCCCCCCCCCCCCCc1cc(OCCC)cc(OCC(CC)CCCC)c1. The molecule has 0 aliphatic rings. The van der Waals surface area contributed by atoms with Crippen LogP contribution in [0.15, 0.2) is 18.2 Å². The molecule has 2 nitrogen and oxygen atoms in total. The minimum Gasteiger partial charge on any atom is -0.493 e. The third-order valence-corrected chi connectivity index (χ3v) is 7.01. The first-order chi connectivity index (χ1) is 16.7. The summed E-state index contributed by atoms with van der Waals surface area (Å²) in [4.78, 5) is 0. The Kier molecular flexibility index (Phi) is 20.2. The highest BCUT2D eigenvalue weighted by atomic mass is 16.5. The van der Waals surface area contributed by atoms with Gasteiger partial charge < -0.3 is 9.47 Å². The maximum Gasteiger partial charge on any atom is 0.123 e. The van der Waals surface area contributed by atoms with E-state index in [0.717, 1.165) is 37.6 Å². The lowest BCUT2D eigenvalue weighted by Gasteiger charge is -2.17. The summed E-state index contributed by atoms with van der Waals surface area (Å²) >= 11 is 0. The Morgan fingerprint density at radius 1 is 0.559 bits per heavy atom. The van der Waals surface area contributed by atoms with Crippen LogP contribution in [0, 0.1) is 5.92 Å². The second-order valence-corrected chi connectivity index (χ2v) is 10.4. The molecule has 1 atom stereocenters. The number of ether oxygens (including phenoxy) is 2. The number of aryl methyl sites for hydroxylation is 1. The van der Waals surface area contributed by atoms with Crippen molar-refractivity contribution in [2.75, 3.05) is 13.2 Å². The number of unbranched alkanes of at least 4 members (excludes halogenated alkanes) is 13. The Morgan fingerprint density at radius 2 is 1.09 bits per heavy atom. The lowest BCUT2D eigenvalue weighted by Crippen LogP contribution is -2.11. The minimum absolute atomic E-state index is 0.657. The third kappa shape index (κ3) is 16.4. The summed E-state index contributed by atoms with van der Waals surface area (Å²) < 4.78 is 12.2. The highest BCUT2D eigenvalue weighted by Crippen LogP contribution is 2.26. The first kappa shape index (κ1) is 30.9. The van der Waals surface area contributed by atoms with Crippen LogP contribution in [0.3, 0.4) is 0 Å². The van der Waals surface area contributed by atoms with E-state index in [1.165, 1.54) is 115 Å². The van der Waals surface area contributed by atoms with Crippen molar-refractivity contribution >= 4 is 0 Å². The lowest BCUT2D eigenvalue weighted by atomic mass is 10.0. The van der Waals surface area contributed by atoms with Crippen molar-refractivity contribution in [3.05, 3.63) is 23.8 Å². The number of benzene rings is 1. The van der Waals surface area contributed by atoms with Crippen molar-refractivity contribution in [2.24, 2.45) is 5.92 Å². The lowest BCUT2D eigenvalue weighted by molar-refractivity contribution is 0.231. The van der Waals surface area contributed by atoms with Crippen molar-refractivity contribution < 1.29 is 9.47 Å². The van der Waals surface area contributed by atoms with Crippen LogP contribution in [0.25, 0.3) is 0 Å². The van der Waals surface area contributed by atoms with Crippen molar-refractivity contribution in [1.29, 1.82) is 0 Å². The summed E-state index contributed by atoms with van der Waals surface area (Å²) in [7, 11) is 0. The summed E-state index contributed by atoms with van der Waals surface area (Å²) in [5.41, 5.74) is 1.37. The zero-order valence-electron chi connectivity index (χ0n) is 23.5. The van der Waals surface area contributed by atoms with E-state index in [1.54, 1.807) is 0 Å². The van der Waals surface area contributed by atoms with Gasteiger partial charge >= 0.3 is 0 Å². The molecular weight excluding hydrogens is 416 g/mol. The smallest absolute Gasteiger partial charge is 0.123 e. The molecule has 0 saturated heterocycles. The van der Waals surface area contributed by atoms with Gasteiger partial charge in [0.2, 0.25) is 0 Å². The largest absolute Gasteiger partial charge is 0.493 e. The molecule has 0 N–H and O–H groups in total. The Morgan fingerprint density at radius 3 is 1.62 bits per heavy atom. The molecule has 0 saturated carbocycles. The molecule has 34 heavy (non-hydrogen) atoms. The van der Waals surface area contributed by atoms with Crippen LogP contribution in [0.1, 0.15) is 149 Å². The van der Waals surface area contributed by atoms with Crippen LogP contribution in [-0.4, -0.2) is 13.2 Å². The van der Waals surface area contributed by atoms with Crippen molar-refractivity contribution in [3.8, 4) is 11.5 Å². The number of hydrogen-bond donors (Lipinski definition) is 0. The fourth-order valence-electron chi connectivity index (χ4n) is 4.62. The van der Waals surface area contributed by atoms with E-state index in [0.29, 0.717) is 5.92 Å². The van der Waals surface area contributed by atoms with Crippen LogP contribution in [-0.2, 0) is 6.42 Å². The van der Waals surface area contributed by atoms with Crippen molar-refractivity contribution in [3.63, 3.8) is 0 Å². The van der Waals surface area contributed by atoms with Crippen LogP contribution in [0.4, 0.5) is 0 Å². The quantitative estimate of drug-likeness (QED) is 0.139. The average Bonchev–Trinajstić information content (AvgIpc) is 2.85. The average molecular weight is 475 g/mol. The summed E-state index contributed by atoms with van der Waals surface area (Å²) in [6, 6.07) is 6.58. The van der Waals surface area contributed by atoms with Gasteiger partial charge in [-0.2, -0.15) is 0 Å². The molecule has 1 aromatic carbocycles. The summed E-state index contributed by atoms with van der Waals surface area (Å²) in [6.07, 6.45) is 25.4. The molecule has 0 aromatic heterocycles. The zero-order valence-corrected chi connectivity index (χ0v) is 23.5. The van der Waals surface area contributed by atoms with Crippen LogP contribution in [0.2, 0.25) is 0 Å². The molecule has 0 bridgehead atoms. The fourth-order valence-corrected chi connectivity index (χ4v) is 4.62. The predicted octanol–water partition coefficient (Wildman–Crippen LogP) is 10.7. The molecule has 0 aliphatic heterocycles. The van der Waals surface area contributed by atoms with Gasteiger partial charge in [0.1, 0.15) is 11.5 Å². The van der Waals surface area contributed by atoms with Gasteiger partial charge in [0.25, 0.3) is 0 Å². The number of rotatable bonds is 24. The summed E-state index contributed by atoms with van der Waals surface area (Å²) in [6.45, 7) is 10.6. The van der Waals surface area contributed by atoms with Gasteiger partial charge in [-0.1, -0.05) is 124 Å². The standard InChI is InChI=1S/C32H58O2/c1-5-9-11-12-13-14-15-16-17-18-19-20-21-23-30-25-31(33-24-7-3)27-32(26-30)34-28-29(8-4)22-10-6-2/h25-27,29H,5-24,28H2,1-4H3. The maximum atomic E-state index is 6.26. The Labute approximate surface area is 213 Å². The molecule has 0 fully saturated rings. The third-order valence-electron chi connectivity index (χ3n) is 7.01. The van der Waals surface area contributed by atoms with Gasteiger partial charge in [-0.3, -0.25) is 0 Å². The summed E-state index contributed by atoms with van der Waals surface area (Å²) in [5.74, 6) is 2.63. The molecule has 1 unspecified atom stereocenters. The monoisotopic (exact) mass is 474 g/mol. The van der Waals surface area contributed by atoms with Gasteiger partial charge in [0.15, 0.2) is 0 Å². The van der Waals surface area contributed by atoms with Crippen molar-refractivity contribution in [1.82, 2.24) is 0 Å². The second kappa shape index (κ2) is 22.3. The van der Waals surface area contributed by atoms with E-state index >= 15 is 0 Å². The Hall–Kier alpha value is -1.18. The predicted molar refractivity (Wildman–Crippen MR) is 150 cm³/mol. The van der Waals surface area contributed by atoms with E-state index in [9.17, 15) is 0 Å². The van der Waals surface area contributed by atoms with E-state index in [1.807, 2.05) is 0 Å². The highest BCUT2D eigenvalue weighted by Gasteiger charge is 2.09. The molecule has 2 heteroatoms. The van der Waals surface area contributed by atoms with E-state index in [2.05, 4.69) is 45.9 Å². The van der Waals surface area contributed by atoms with Gasteiger partial charge in [0, 0.05) is 6.07 Å². The minimum atomic E-state index is 0.657. The zero-order chi connectivity index (χ0) is 24.7. The molecule has 198 valence electrons.